The zero-order chi connectivity index (χ0) is 25.1. The van der Waals surface area contributed by atoms with Gasteiger partial charge in [0.25, 0.3) is 11.8 Å². The van der Waals surface area contributed by atoms with Gasteiger partial charge in [0.1, 0.15) is 5.75 Å². The van der Waals surface area contributed by atoms with Crippen LogP contribution in [0, 0.1) is 0 Å². The van der Waals surface area contributed by atoms with Crippen LogP contribution in [0.4, 0.5) is 5.69 Å². The molecule has 2 amide bonds. The summed E-state index contributed by atoms with van der Waals surface area (Å²) in [7, 11) is 0. The molecule has 0 atom stereocenters. The number of nitrogens with one attached hydrogen (secondary N) is 2. The Morgan fingerprint density at radius 1 is 0.889 bits per heavy atom. The van der Waals surface area contributed by atoms with Gasteiger partial charge in [0.2, 0.25) is 0 Å². The molecule has 36 heavy (non-hydrogen) atoms. The number of fused-ring (bicyclic) bond motifs is 1. The molecule has 0 radical (unpaired) electrons. The molecule has 0 unspecified atom stereocenters. The molecule has 1 aliphatic rings. The van der Waals surface area contributed by atoms with Gasteiger partial charge in [-0.25, -0.2) is 0 Å². The molecule has 0 spiro atoms. The average Bonchev–Trinajstić information content (AvgIpc) is 3.33. The highest BCUT2D eigenvalue weighted by atomic mass is 16.5. The molecule has 0 saturated carbocycles. The van der Waals surface area contributed by atoms with Crippen molar-refractivity contribution in [3.63, 3.8) is 0 Å². The van der Waals surface area contributed by atoms with Gasteiger partial charge in [-0.15, -0.1) is 0 Å². The zero-order valence-electron chi connectivity index (χ0n) is 20.0. The highest BCUT2D eigenvalue weighted by Crippen LogP contribution is 2.34. The van der Waals surface area contributed by atoms with Crippen molar-refractivity contribution in [2.75, 3.05) is 18.4 Å². The van der Waals surface area contributed by atoms with E-state index in [9.17, 15) is 14.4 Å². The van der Waals surface area contributed by atoms with Crippen molar-refractivity contribution >= 4 is 34.4 Å². The van der Waals surface area contributed by atoms with E-state index in [-0.39, 0.29) is 17.2 Å². The predicted molar refractivity (Wildman–Crippen MR) is 138 cm³/mol. The van der Waals surface area contributed by atoms with E-state index in [1.807, 2.05) is 17.0 Å². The Bertz CT molecular complexity index is 1430. The van der Waals surface area contributed by atoms with Gasteiger partial charge in [-0.2, -0.15) is 0 Å². The predicted octanol–water partition coefficient (Wildman–Crippen LogP) is 5.37. The molecule has 0 bridgehead atoms. The summed E-state index contributed by atoms with van der Waals surface area (Å²) in [6.07, 6.45) is 3.83. The summed E-state index contributed by atoms with van der Waals surface area (Å²) in [5.74, 6) is -0.521. The first-order valence-electron chi connectivity index (χ1n) is 12.0. The number of likely N-dealkylation sites (tertiary alicyclic amines) is 1. The van der Waals surface area contributed by atoms with Crippen molar-refractivity contribution in [2.45, 2.75) is 25.7 Å². The first-order valence-corrected chi connectivity index (χ1v) is 12.0. The van der Waals surface area contributed by atoms with Crippen LogP contribution in [-0.2, 0) is 4.79 Å². The minimum Gasteiger partial charge on any atom is -0.426 e. The van der Waals surface area contributed by atoms with Gasteiger partial charge in [-0.1, -0.05) is 42.5 Å². The summed E-state index contributed by atoms with van der Waals surface area (Å²) in [6.45, 7) is 2.56. The standard InChI is InChI=1S/C29H27N3O4/c1-19(33)36-27-13-7-4-10-23(27)28(34)31-26-12-6-3-9-22(26)29(35)32-16-14-20(15-17-32)24-18-30-25-11-5-2-8-21(24)25/h2-13,18,20,30H,14-17H2,1H3,(H,31,34). The number of anilines is 1. The van der Waals surface area contributed by atoms with E-state index >= 15 is 0 Å². The lowest BCUT2D eigenvalue weighted by molar-refractivity contribution is -0.131. The molecule has 0 aliphatic carbocycles. The van der Waals surface area contributed by atoms with Crippen LogP contribution >= 0.6 is 0 Å². The molecule has 7 heteroatoms. The number of para-hydroxylation sites is 3. The number of hydrogen-bond donors (Lipinski definition) is 2. The van der Waals surface area contributed by atoms with Crippen LogP contribution in [0.2, 0.25) is 0 Å². The summed E-state index contributed by atoms with van der Waals surface area (Å²) < 4.78 is 5.17. The number of ether oxygens (including phenoxy) is 1. The summed E-state index contributed by atoms with van der Waals surface area (Å²) >= 11 is 0. The molecule has 7 nitrogen and oxygen atoms in total. The number of carbonyl (C=O) groups is 3. The molecule has 2 N–H and O–H groups in total. The summed E-state index contributed by atoms with van der Waals surface area (Å²) in [5.41, 5.74) is 3.50. The normalized spacial score (nSPS) is 14.0. The first kappa shape index (κ1) is 23.4. The van der Waals surface area contributed by atoms with Crippen molar-refractivity contribution in [3.8, 4) is 5.75 Å². The maximum atomic E-state index is 13.5. The zero-order valence-corrected chi connectivity index (χ0v) is 20.0. The molecule has 4 aromatic rings. The summed E-state index contributed by atoms with van der Waals surface area (Å²) in [4.78, 5) is 43.1. The maximum absolute atomic E-state index is 13.5. The fourth-order valence-electron chi connectivity index (χ4n) is 4.86. The molecular weight excluding hydrogens is 454 g/mol. The Balaban J connectivity index is 1.30. The minimum absolute atomic E-state index is 0.114. The summed E-state index contributed by atoms with van der Waals surface area (Å²) in [6, 6.07) is 21.8. The lowest BCUT2D eigenvalue weighted by Crippen LogP contribution is -2.38. The van der Waals surface area contributed by atoms with E-state index in [4.69, 9.17) is 4.74 Å². The molecule has 1 aliphatic heterocycles. The topological polar surface area (TPSA) is 91.5 Å². The van der Waals surface area contributed by atoms with Crippen molar-refractivity contribution in [1.29, 1.82) is 0 Å². The Hall–Kier alpha value is -4.39. The third-order valence-electron chi connectivity index (χ3n) is 6.63. The quantitative estimate of drug-likeness (QED) is 0.296. The third-order valence-corrected chi connectivity index (χ3v) is 6.63. The fraction of sp³-hybridized carbons (Fsp3) is 0.207. The maximum Gasteiger partial charge on any atom is 0.308 e. The van der Waals surface area contributed by atoms with E-state index in [2.05, 4.69) is 28.6 Å². The highest BCUT2D eigenvalue weighted by molar-refractivity contribution is 6.10. The number of H-pyrrole nitrogens is 1. The number of benzene rings is 3. The van der Waals surface area contributed by atoms with Crippen LogP contribution in [0.15, 0.2) is 79.0 Å². The van der Waals surface area contributed by atoms with E-state index in [1.54, 1.807) is 48.5 Å². The van der Waals surface area contributed by atoms with E-state index in [1.165, 1.54) is 17.9 Å². The largest absolute Gasteiger partial charge is 0.426 e. The van der Waals surface area contributed by atoms with Crippen LogP contribution in [0.25, 0.3) is 10.9 Å². The van der Waals surface area contributed by atoms with Crippen LogP contribution in [0.3, 0.4) is 0 Å². The van der Waals surface area contributed by atoms with E-state index in [0.29, 0.717) is 30.3 Å². The number of esters is 1. The molecule has 1 fully saturated rings. The third kappa shape index (κ3) is 4.73. The van der Waals surface area contributed by atoms with Crippen molar-refractivity contribution in [2.24, 2.45) is 0 Å². The highest BCUT2D eigenvalue weighted by Gasteiger charge is 2.27. The molecular formula is C29H27N3O4. The van der Waals surface area contributed by atoms with Crippen LogP contribution in [0.1, 0.15) is 52.0 Å². The molecule has 1 aromatic heterocycles. The second-order valence-corrected chi connectivity index (χ2v) is 8.95. The van der Waals surface area contributed by atoms with Gasteiger partial charge in [0, 0.05) is 37.1 Å². The number of rotatable bonds is 5. The van der Waals surface area contributed by atoms with Crippen LogP contribution in [-0.4, -0.2) is 40.8 Å². The molecule has 3 aromatic carbocycles. The van der Waals surface area contributed by atoms with Crippen molar-refractivity contribution in [3.05, 3.63) is 95.7 Å². The number of aromatic nitrogens is 1. The SMILES string of the molecule is CC(=O)Oc1ccccc1C(=O)Nc1ccccc1C(=O)N1CCC(c2c[nH]c3ccccc23)CC1. The lowest BCUT2D eigenvalue weighted by atomic mass is 9.89. The molecule has 182 valence electrons. The molecule has 2 heterocycles. The Kier molecular flexibility index (Phi) is 6.54. The van der Waals surface area contributed by atoms with E-state index < -0.39 is 11.9 Å². The first-order chi connectivity index (χ1) is 17.5. The second-order valence-electron chi connectivity index (χ2n) is 8.95. The van der Waals surface area contributed by atoms with Gasteiger partial charge >= 0.3 is 5.97 Å². The number of carbonyl (C=O) groups excluding carboxylic acids is 3. The van der Waals surface area contributed by atoms with Crippen LogP contribution in [0.5, 0.6) is 5.75 Å². The fourth-order valence-corrected chi connectivity index (χ4v) is 4.86. The summed E-state index contributed by atoms with van der Waals surface area (Å²) in [5, 5.41) is 4.07. The second kappa shape index (κ2) is 10.1. The number of amides is 2. The monoisotopic (exact) mass is 481 g/mol. The van der Waals surface area contributed by atoms with Crippen LogP contribution < -0.4 is 10.1 Å². The minimum atomic E-state index is -0.512. The number of piperidine rings is 1. The van der Waals surface area contributed by atoms with Gasteiger partial charge in [0.05, 0.1) is 16.8 Å². The average molecular weight is 482 g/mol. The van der Waals surface area contributed by atoms with Crippen molar-refractivity contribution in [1.82, 2.24) is 9.88 Å². The van der Waals surface area contributed by atoms with Gasteiger partial charge in [-0.05, 0) is 54.7 Å². The Labute approximate surface area is 209 Å². The number of aromatic amines is 1. The van der Waals surface area contributed by atoms with Gasteiger partial charge in [-0.3, -0.25) is 14.4 Å². The Morgan fingerprint density at radius 2 is 1.56 bits per heavy atom. The Morgan fingerprint density at radius 3 is 2.33 bits per heavy atom. The molecule has 5 rings (SSSR count). The van der Waals surface area contributed by atoms with Gasteiger partial charge < -0.3 is 19.9 Å². The van der Waals surface area contributed by atoms with Gasteiger partial charge in [0.15, 0.2) is 0 Å². The van der Waals surface area contributed by atoms with E-state index in [0.717, 1.165) is 18.4 Å². The number of hydrogen-bond acceptors (Lipinski definition) is 4. The number of nitrogens with zero attached hydrogens (tertiary/aromatic N) is 1. The molecule has 1 saturated heterocycles. The lowest BCUT2D eigenvalue weighted by Gasteiger charge is -2.32. The van der Waals surface area contributed by atoms with Crippen molar-refractivity contribution < 1.29 is 19.1 Å². The smallest absolute Gasteiger partial charge is 0.308 e.